The molecule has 0 saturated carbocycles. The summed E-state index contributed by atoms with van der Waals surface area (Å²) < 4.78 is 5.20. The predicted molar refractivity (Wildman–Crippen MR) is 64.7 cm³/mol. The molecule has 1 N–H and O–H groups in total. The van der Waals surface area contributed by atoms with Crippen molar-refractivity contribution in [2.24, 2.45) is 0 Å². The van der Waals surface area contributed by atoms with Gasteiger partial charge in [0, 0.05) is 0 Å². The molecule has 0 aliphatic carbocycles. The zero-order valence-corrected chi connectivity index (χ0v) is 10.3. The number of carbonyl (C=O) groups excluding carboxylic acids is 1. The molecule has 5 heteroatoms. The lowest BCUT2D eigenvalue weighted by Crippen LogP contribution is -2.23. The minimum Gasteiger partial charge on any atom is -0.432 e. The molecule has 1 aliphatic rings. The van der Waals surface area contributed by atoms with E-state index in [4.69, 9.17) is 4.42 Å². The molecule has 1 atom stereocenters. The maximum absolute atomic E-state index is 11.8. The first-order chi connectivity index (χ1) is 7.66. The first-order valence-electron chi connectivity index (χ1n) is 5.54. The van der Waals surface area contributed by atoms with Crippen LogP contribution in [-0.2, 0) is 4.79 Å². The van der Waals surface area contributed by atoms with Gasteiger partial charge in [0.25, 0.3) is 0 Å². The van der Waals surface area contributed by atoms with Crippen molar-refractivity contribution in [3.05, 3.63) is 12.0 Å². The Bertz CT molecular complexity index is 370. The van der Waals surface area contributed by atoms with Gasteiger partial charge in [0.15, 0.2) is 0 Å². The molecule has 16 heavy (non-hydrogen) atoms. The Kier molecular flexibility index (Phi) is 3.53. The molecular formula is C11H16N2O2S. The van der Waals surface area contributed by atoms with Crippen LogP contribution in [0.5, 0.6) is 0 Å². The van der Waals surface area contributed by atoms with E-state index < -0.39 is 0 Å². The van der Waals surface area contributed by atoms with Crippen LogP contribution in [0.1, 0.15) is 38.3 Å². The van der Waals surface area contributed by atoms with Gasteiger partial charge in [-0.3, -0.25) is 10.1 Å². The predicted octanol–water partition coefficient (Wildman–Crippen LogP) is 2.63. The van der Waals surface area contributed by atoms with Crippen molar-refractivity contribution in [2.45, 2.75) is 37.9 Å². The van der Waals surface area contributed by atoms with Crippen LogP contribution in [0.3, 0.4) is 0 Å². The average Bonchev–Trinajstić information content (AvgIpc) is 2.87. The number of hydrogen-bond donors (Lipinski definition) is 1. The number of nitrogens with zero attached hydrogens (tertiary/aromatic N) is 1. The summed E-state index contributed by atoms with van der Waals surface area (Å²) in [7, 11) is 0. The third kappa shape index (κ3) is 2.58. The first-order valence-corrected chi connectivity index (χ1v) is 6.59. The molecule has 0 bridgehead atoms. The number of aromatic nitrogens is 1. The smallest absolute Gasteiger partial charge is 0.301 e. The Hall–Kier alpha value is -0.970. The zero-order valence-electron chi connectivity index (χ0n) is 9.53. The maximum Gasteiger partial charge on any atom is 0.301 e. The lowest BCUT2D eigenvalue weighted by Gasteiger charge is -2.06. The maximum atomic E-state index is 11.8. The topological polar surface area (TPSA) is 55.1 Å². The fourth-order valence-electron chi connectivity index (χ4n) is 1.58. The van der Waals surface area contributed by atoms with Gasteiger partial charge in [-0.05, 0) is 24.5 Å². The molecule has 2 rings (SSSR count). The SMILES string of the molecule is CC(C)c1coc(NC(=O)C2CCCS2)n1. The van der Waals surface area contributed by atoms with E-state index in [1.54, 1.807) is 18.0 Å². The fraction of sp³-hybridized carbons (Fsp3) is 0.636. The average molecular weight is 240 g/mol. The molecule has 1 aromatic rings. The van der Waals surface area contributed by atoms with Crippen molar-refractivity contribution in [1.29, 1.82) is 0 Å². The van der Waals surface area contributed by atoms with Gasteiger partial charge < -0.3 is 4.42 Å². The number of amides is 1. The molecule has 88 valence electrons. The molecule has 1 saturated heterocycles. The lowest BCUT2D eigenvalue weighted by molar-refractivity contribution is -0.115. The minimum atomic E-state index is 0.0136. The molecule has 1 amide bonds. The summed E-state index contributed by atoms with van der Waals surface area (Å²) in [5.41, 5.74) is 0.870. The number of nitrogens with one attached hydrogen (secondary N) is 1. The molecule has 2 heterocycles. The van der Waals surface area contributed by atoms with Gasteiger partial charge in [0.2, 0.25) is 5.91 Å². The van der Waals surface area contributed by atoms with Crippen molar-refractivity contribution >= 4 is 23.7 Å². The molecule has 0 aromatic carbocycles. The zero-order chi connectivity index (χ0) is 11.5. The van der Waals surface area contributed by atoms with Crippen molar-refractivity contribution in [2.75, 3.05) is 11.1 Å². The first kappa shape index (κ1) is 11.5. The summed E-state index contributed by atoms with van der Waals surface area (Å²) in [6.45, 7) is 4.08. The number of anilines is 1. The highest BCUT2D eigenvalue weighted by Crippen LogP contribution is 2.27. The fourth-order valence-corrected chi connectivity index (χ4v) is 2.74. The van der Waals surface area contributed by atoms with Crippen LogP contribution in [0, 0.1) is 0 Å². The summed E-state index contributed by atoms with van der Waals surface area (Å²) in [5.74, 6) is 1.40. The highest BCUT2D eigenvalue weighted by atomic mass is 32.2. The summed E-state index contributed by atoms with van der Waals surface area (Å²) in [6, 6.07) is 0.321. The number of thioether (sulfide) groups is 1. The van der Waals surface area contributed by atoms with Gasteiger partial charge in [0.05, 0.1) is 10.9 Å². The monoisotopic (exact) mass is 240 g/mol. The standard InChI is InChI=1S/C11H16N2O2S/c1-7(2)8-6-15-11(12-8)13-10(14)9-4-3-5-16-9/h6-7,9H,3-5H2,1-2H3,(H,12,13,14). The minimum absolute atomic E-state index is 0.0136. The van der Waals surface area contributed by atoms with Crippen LogP contribution in [0.4, 0.5) is 6.01 Å². The van der Waals surface area contributed by atoms with Crippen molar-refractivity contribution < 1.29 is 9.21 Å². The largest absolute Gasteiger partial charge is 0.432 e. The van der Waals surface area contributed by atoms with E-state index in [0.717, 1.165) is 24.3 Å². The molecular weight excluding hydrogens is 224 g/mol. The molecule has 1 unspecified atom stereocenters. The van der Waals surface area contributed by atoms with Gasteiger partial charge in [-0.1, -0.05) is 13.8 Å². The highest BCUT2D eigenvalue weighted by molar-refractivity contribution is 8.00. The Morgan fingerprint density at radius 1 is 1.69 bits per heavy atom. The quantitative estimate of drug-likeness (QED) is 0.882. The van der Waals surface area contributed by atoms with Crippen molar-refractivity contribution in [3.63, 3.8) is 0 Å². The summed E-state index contributed by atoms with van der Waals surface area (Å²) in [6.07, 6.45) is 3.67. The number of rotatable bonds is 3. The lowest BCUT2D eigenvalue weighted by atomic mass is 10.2. The van der Waals surface area contributed by atoms with E-state index in [9.17, 15) is 4.79 Å². The Balaban J connectivity index is 1.95. The molecule has 0 spiro atoms. The summed E-state index contributed by atoms with van der Waals surface area (Å²) in [4.78, 5) is 16.0. The number of carbonyl (C=O) groups is 1. The van der Waals surface area contributed by atoms with E-state index in [0.29, 0.717) is 11.9 Å². The van der Waals surface area contributed by atoms with Gasteiger partial charge in [0.1, 0.15) is 6.26 Å². The second-order valence-corrected chi connectivity index (χ2v) is 5.53. The van der Waals surface area contributed by atoms with Crippen LogP contribution in [0.25, 0.3) is 0 Å². The molecule has 1 aliphatic heterocycles. The molecule has 1 fully saturated rings. The number of hydrogen-bond acceptors (Lipinski definition) is 4. The van der Waals surface area contributed by atoms with Gasteiger partial charge in [-0.25, -0.2) is 0 Å². The third-order valence-electron chi connectivity index (χ3n) is 2.57. The second kappa shape index (κ2) is 4.91. The van der Waals surface area contributed by atoms with Crippen molar-refractivity contribution in [3.8, 4) is 0 Å². The third-order valence-corrected chi connectivity index (χ3v) is 3.94. The van der Waals surface area contributed by atoms with E-state index >= 15 is 0 Å². The van der Waals surface area contributed by atoms with E-state index in [1.165, 1.54) is 0 Å². The Labute approximate surface area is 99.2 Å². The molecule has 0 radical (unpaired) electrons. The van der Waals surface area contributed by atoms with Crippen LogP contribution < -0.4 is 5.32 Å². The van der Waals surface area contributed by atoms with Gasteiger partial charge >= 0.3 is 6.01 Å². The Morgan fingerprint density at radius 2 is 2.50 bits per heavy atom. The summed E-state index contributed by atoms with van der Waals surface area (Å²) >= 11 is 1.70. The molecule has 1 aromatic heterocycles. The van der Waals surface area contributed by atoms with Crippen LogP contribution in [0.2, 0.25) is 0 Å². The van der Waals surface area contributed by atoms with E-state index in [-0.39, 0.29) is 11.2 Å². The van der Waals surface area contributed by atoms with E-state index in [2.05, 4.69) is 10.3 Å². The van der Waals surface area contributed by atoms with E-state index in [1.807, 2.05) is 13.8 Å². The van der Waals surface area contributed by atoms with Crippen molar-refractivity contribution in [1.82, 2.24) is 4.98 Å². The van der Waals surface area contributed by atoms with Crippen LogP contribution in [0.15, 0.2) is 10.7 Å². The number of oxazole rings is 1. The summed E-state index contributed by atoms with van der Waals surface area (Å²) in [5, 5.41) is 2.79. The second-order valence-electron chi connectivity index (χ2n) is 4.22. The molecule has 4 nitrogen and oxygen atoms in total. The van der Waals surface area contributed by atoms with Gasteiger partial charge in [-0.15, -0.1) is 11.8 Å². The van der Waals surface area contributed by atoms with Crippen LogP contribution >= 0.6 is 11.8 Å². The van der Waals surface area contributed by atoms with Gasteiger partial charge in [-0.2, -0.15) is 4.98 Å². The van der Waals surface area contributed by atoms with Crippen LogP contribution in [-0.4, -0.2) is 21.9 Å². The Morgan fingerprint density at radius 3 is 3.06 bits per heavy atom. The normalized spacial score (nSPS) is 20.3. The highest BCUT2D eigenvalue weighted by Gasteiger charge is 2.24.